The predicted octanol–water partition coefficient (Wildman–Crippen LogP) is 4.87. The van der Waals surface area contributed by atoms with Crippen molar-refractivity contribution in [2.75, 3.05) is 0 Å². The Morgan fingerprint density at radius 2 is 1.61 bits per heavy atom. The first kappa shape index (κ1) is 17.6. The molecule has 0 aliphatic heterocycles. The molecule has 2 heterocycles. The lowest BCUT2D eigenvalue weighted by Crippen LogP contribution is -2.04. The van der Waals surface area contributed by atoms with Gasteiger partial charge in [0.25, 0.3) is 0 Å². The summed E-state index contributed by atoms with van der Waals surface area (Å²) in [5.41, 5.74) is 0.904. The molecule has 0 fully saturated rings. The van der Waals surface area contributed by atoms with Crippen LogP contribution in [0.2, 0.25) is 0 Å². The van der Waals surface area contributed by atoms with Gasteiger partial charge in [-0.05, 0) is 24.3 Å². The molecule has 28 heavy (non-hydrogen) atoms. The van der Waals surface area contributed by atoms with Crippen molar-refractivity contribution in [3.8, 4) is 17.1 Å². The number of carbonyl (C=O) groups excluding carboxylic acids is 1. The van der Waals surface area contributed by atoms with Crippen molar-refractivity contribution >= 4 is 5.97 Å². The molecule has 0 N–H and O–H groups in total. The summed E-state index contributed by atoms with van der Waals surface area (Å²) in [7, 11) is 0. The highest BCUT2D eigenvalue weighted by molar-refractivity contribution is 5.86. The Bertz CT molecular complexity index is 1040. The third kappa shape index (κ3) is 4.29. The first-order valence-electron chi connectivity index (χ1n) is 8.72. The molecule has 2 aromatic carbocycles. The van der Waals surface area contributed by atoms with Crippen LogP contribution in [0.4, 0.5) is 0 Å². The van der Waals surface area contributed by atoms with Crippen LogP contribution in [0, 0.1) is 0 Å². The molecule has 4 rings (SSSR count). The molecule has 0 atom stereocenters. The van der Waals surface area contributed by atoms with Gasteiger partial charge in [0.2, 0.25) is 11.7 Å². The van der Waals surface area contributed by atoms with Gasteiger partial charge in [0.15, 0.2) is 12.4 Å². The lowest BCUT2D eigenvalue weighted by Gasteiger charge is -2.03. The molecule has 6 heteroatoms. The maximum Gasteiger partial charge on any atom is 0.374 e. The van der Waals surface area contributed by atoms with E-state index in [1.165, 1.54) is 0 Å². The number of benzene rings is 2. The molecule has 0 amide bonds. The van der Waals surface area contributed by atoms with E-state index in [1.54, 1.807) is 18.3 Å². The van der Waals surface area contributed by atoms with Crippen molar-refractivity contribution in [2.45, 2.75) is 13.2 Å². The lowest BCUT2D eigenvalue weighted by atomic mass is 10.2. The third-order valence-corrected chi connectivity index (χ3v) is 3.93. The van der Waals surface area contributed by atoms with E-state index in [9.17, 15) is 4.79 Å². The molecule has 0 saturated carbocycles. The van der Waals surface area contributed by atoms with Crippen molar-refractivity contribution in [3.63, 3.8) is 0 Å². The van der Waals surface area contributed by atoms with E-state index in [2.05, 4.69) is 4.98 Å². The summed E-state index contributed by atoms with van der Waals surface area (Å²) < 4.78 is 21.9. The average Bonchev–Trinajstić information content (AvgIpc) is 3.42. The van der Waals surface area contributed by atoms with E-state index in [4.69, 9.17) is 18.3 Å². The van der Waals surface area contributed by atoms with Crippen LogP contribution in [0.25, 0.3) is 11.3 Å². The van der Waals surface area contributed by atoms with Crippen LogP contribution >= 0.6 is 0 Å². The number of oxazole rings is 1. The number of carbonyl (C=O) groups is 1. The van der Waals surface area contributed by atoms with Crippen LogP contribution in [0.5, 0.6) is 5.75 Å². The van der Waals surface area contributed by atoms with Crippen molar-refractivity contribution in [1.29, 1.82) is 0 Å². The second-order valence-corrected chi connectivity index (χ2v) is 5.93. The predicted molar refractivity (Wildman–Crippen MR) is 101 cm³/mol. The first-order valence-corrected chi connectivity index (χ1v) is 8.72. The summed E-state index contributed by atoms with van der Waals surface area (Å²) in [6.07, 6.45) is 1.60. The summed E-state index contributed by atoms with van der Waals surface area (Å²) in [5.74, 6) is 1.68. The standard InChI is InChI=1S/C22H17NO5/c24-22(19-12-11-18(27-19)14-25-17-9-5-2-6-10-17)26-15-21-23-13-20(28-21)16-7-3-1-4-8-16/h1-13H,14-15H2. The first-order chi connectivity index (χ1) is 13.8. The van der Waals surface area contributed by atoms with Crippen molar-refractivity contribution in [1.82, 2.24) is 4.98 Å². The van der Waals surface area contributed by atoms with Gasteiger partial charge in [-0.1, -0.05) is 48.5 Å². The van der Waals surface area contributed by atoms with E-state index in [-0.39, 0.29) is 19.0 Å². The van der Waals surface area contributed by atoms with E-state index >= 15 is 0 Å². The Kier molecular flexibility index (Phi) is 5.20. The molecule has 4 aromatic rings. The second-order valence-electron chi connectivity index (χ2n) is 5.93. The molecule has 140 valence electrons. The molecule has 0 unspecified atom stereocenters. The third-order valence-electron chi connectivity index (χ3n) is 3.93. The molecule has 0 aliphatic carbocycles. The van der Waals surface area contributed by atoms with Gasteiger partial charge in [-0.3, -0.25) is 0 Å². The zero-order valence-electron chi connectivity index (χ0n) is 14.9. The normalized spacial score (nSPS) is 10.6. The van der Waals surface area contributed by atoms with Gasteiger partial charge in [0, 0.05) is 5.56 Å². The second kappa shape index (κ2) is 8.26. The lowest BCUT2D eigenvalue weighted by molar-refractivity contribution is 0.0399. The maximum absolute atomic E-state index is 12.2. The number of hydrogen-bond acceptors (Lipinski definition) is 6. The fourth-order valence-corrected chi connectivity index (χ4v) is 2.55. The smallest absolute Gasteiger partial charge is 0.374 e. The van der Waals surface area contributed by atoms with Crippen LogP contribution in [0.3, 0.4) is 0 Å². The van der Waals surface area contributed by atoms with Crippen molar-refractivity contribution in [2.24, 2.45) is 0 Å². The highest BCUT2D eigenvalue weighted by atomic mass is 16.6. The zero-order chi connectivity index (χ0) is 19.2. The molecule has 0 aliphatic rings. The van der Waals surface area contributed by atoms with Gasteiger partial charge in [0.1, 0.15) is 18.1 Å². The summed E-state index contributed by atoms with van der Waals surface area (Å²) in [5, 5.41) is 0. The number of hydrogen-bond donors (Lipinski definition) is 0. The van der Waals surface area contributed by atoms with Gasteiger partial charge in [-0.15, -0.1) is 0 Å². The Hall–Kier alpha value is -3.80. The van der Waals surface area contributed by atoms with E-state index < -0.39 is 5.97 Å². The maximum atomic E-state index is 12.2. The van der Waals surface area contributed by atoms with Crippen molar-refractivity contribution in [3.05, 3.63) is 96.4 Å². The molecule has 0 radical (unpaired) electrons. The highest BCUT2D eigenvalue weighted by Crippen LogP contribution is 2.20. The topological polar surface area (TPSA) is 74.7 Å². The van der Waals surface area contributed by atoms with Crippen LogP contribution in [-0.2, 0) is 18.0 Å². The molecule has 0 saturated heterocycles. The number of esters is 1. The highest BCUT2D eigenvalue weighted by Gasteiger charge is 2.15. The molecule has 0 bridgehead atoms. The number of aromatic nitrogens is 1. The van der Waals surface area contributed by atoms with E-state index in [0.717, 1.165) is 11.3 Å². The molecular weight excluding hydrogens is 358 g/mol. The van der Waals surface area contributed by atoms with E-state index in [0.29, 0.717) is 17.4 Å². The van der Waals surface area contributed by atoms with Gasteiger partial charge in [0.05, 0.1) is 6.20 Å². The fraction of sp³-hybridized carbons (Fsp3) is 0.0909. The summed E-state index contributed by atoms with van der Waals surface area (Å²) in [4.78, 5) is 16.3. The molecular formula is C22H17NO5. The fourth-order valence-electron chi connectivity index (χ4n) is 2.55. The molecule has 2 aromatic heterocycles. The average molecular weight is 375 g/mol. The SMILES string of the molecule is O=C(OCc1ncc(-c2ccccc2)o1)c1ccc(COc2ccccc2)o1. The summed E-state index contributed by atoms with van der Waals surface area (Å²) in [6, 6.07) is 22.2. The largest absolute Gasteiger partial charge is 0.486 e. The number of furan rings is 1. The van der Waals surface area contributed by atoms with Crippen LogP contribution in [0.1, 0.15) is 22.2 Å². The number of para-hydroxylation sites is 1. The molecule has 0 spiro atoms. The zero-order valence-corrected chi connectivity index (χ0v) is 14.9. The Morgan fingerprint density at radius 1 is 0.857 bits per heavy atom. The number of rotatable bonds is 7. The Labute approximate surface area is 161 Å². The van der Waals surface area contributed by atoms with Crippen LogP contribution < -0.4 is 4.74 Å². The van der Waals surface area contributed by atoms with Gasteiger partial charge in [-0.25, -0.2) is 9.78 Å². The monoisotopic (exact) mass is 375 g/mol. The summed E-state index contributed by atoms with van der Waals surface area (Å²) in [6.45, 7) is 0.139. The minimum Gasteiger partial charge on any atom is -0.486 e. The number of nitrogens with zero attached hydrogens (tertiary/aromatic N) is 1. The number of ether oxygens (including phenoxy) is 2. The quantitative estimate of drug-likeness (QED) is 0.429. The summed E-state index contributed by atoms with van der Waals surface area (Å²) >= 11 is 0. The minimum absolute atomic E-state index is 0.0811. The van der Waals surface area contributed by atoms with Crippen LogP contribution in [0.15, 0.2) is 87.8 Å². The van der Waals surface area contributed by atoms with Gasteiger partial charge in [-0.2, -0.15) is 0 Å². The molecule has 6 nitrogen and oxygen atoms in total. The van der Waals surface area contributed by atoms with Crippen LogP contribution in [-0.4, -0.2) is 11.0 Å². The van der Waals surface area contributed by atoms with Gasteiger partial charge >= 0.3 is 5.97 Å². The van der Waals surface area contributed by atoms with Gasteiger partial charge < -0.3 is 18.3 Å². The van der Waals surface area contributed by atoms with Crippen molar-refractivity contribution < 1.29 is 23.1 Å². The Morgan fingerprint density at radius 3 is 2.39 bits per heavy atom. The Balaban J connectivity index is 1.31. The minimum atomic E-state index is -0.592. The van der Waals surface area contributed by atoms with E-state index in [1.807, 2.05) is 60.7 Å².